The van der Waals surface area contributed by atoms with Crippen molar-refractivity contribution in [2.24, 2.45) is 0 Å². The summed E-state index contributed by atoms with van der Waals surface area (Å²) >= 11 is 6.00. The molecular weight excluding hydrogens is 264 g/mol. The van der Waals surface area contributed by atoms with Crippen LogP contribution in [-0.2, 0) is 4.79 Å². The summed E-state index contributed by atoms with van der Waals surface area (Å²) in [5.74, 6) is 0.583. The summed E-state index contributed by atoms with van der Waals surface area (Å²) in [6.07, 6.45) is 1.95. The van der Waals surface area contributed by atoms with Gasteiger partial charge in [-0.25, -0.2) is 0 Å². The molecule has 0 unspecified atom stereocenters. The average Bonchev–Trinajstić information content (AvgIpc) is 2.42. The van der Waals surface area contributed by atoms with E-state index >= 15 is 0 Å². The predicted octanol–water partition coefficient (Wildman–Crippen LogP) is 1.90. The molecule has 1 aliphatic rings. The maximum absolute atomic E-state index is 11.8. The molecule has 5 heteroatoms. The summed E-state index contributed by atoms with van der Waals surface area (Å²) in [7, 11) is 0. The van der Waals surface area contributed by atoms with E-state index < -0.39 is 0 Å². The molecule has 1 aromatic carbocycles. The lowest BCUT2D eigenvalue weighted by Gasteiger charge is -2.23. The molecule has 1 fully saturated rings. The summed E-state index contributed by atoms with van der Waals surface area (Å²) in [4.78, 5) is 11.8. The Morgan fingerprint density at radius 2 is 2.21 bits per heavy atom. The number of carbonyl (C=O) groups excluding carboxylic acids is 1. The highest BCUT2D eigenvalue weighted by Gasteiger charge is 2.15. The van der Waals surface area contributed by atoms with E-state index in [4.69, 9.17) is 16.3 Å². The Labute approximate surface area is 118 Å². The molecule has 0 bridgehead atoms. The summed E-state index contributed by atoms with van der Waals surface area (Å²) in [5.41, 5.74) is 0.860. The van der Waals surface area contributed by atoms with Crippen LogP contribution >= 0.6 is 11.6 Å². The van der Waals surface area contributed by atoms with Crippen molar-refractivity contribution in [1.29, 1.82) is 0 Å². The molecule has 0 atom stereocenters. The molecule has 0 aliphatic carbocycles. The zero-order chi connectivity index (χ0) is 13.7. The molecule has 0 saturated carbocycles. The highest BCUT2D eigenvalue weighted by molar-refractivity contribution is 6.31. The van der Waals surface area contributed by atoms with Crippen LogP contribution in [0.1, 0.15) is 18.4 Å². The lowest BCUT2D eigenvalue weighted by molar-refractivity contribution is -0.123. The highest BCUT2D eigenvalue weighted by Crippen LogP contribution is 2.24. The molecule has 104 valence electrons. The van der Waals surface area contributed by atoms with Crippen LogP contribution < -0.4 is 15.4 Å². The van der Waals surface area contributed by atoms with Crippen LogP contribution in [0.5, 0.6) is 5.75 Å². The van der Waals surface area contributed by atoms with Gasteiger partial charge >= 0.3 is 0 Å². The molecule has 19 heavy (non-hydrogen) atoms. The van der Waals surface area contributed by atoms with Gasteiger partial charge in [-0.05, 0) is 45.0 Å². The Bertz CT molecular complexity index is 445. The van der Waals surface area contributed by atoms with Gasteiger partial charge in [0.15, 0.2) is 6.61 Å². The van der Waals surface area contributed by atoms with E-state index in [1.165, 1.54) is 0 Å². The van der Waals surface area contributed by atoms with Crippen molar-refractivity contribution in [3.63, 3.8) is 0 Å². The lowest BCUT2D eigenvalue weighted by atomic mass is 10.1. The topological polar surface area (TPSA) is 50.4 Å². The van der Waals surface area contributed by atoms with Gasteiger partial charge in [0.1, 0.15) is 5.75 Å². The van der Waals surface area contributed by atoms with Gasteiger partial charge in [-0.1, -0.05) is 17.7 Å². The SMILES string of the molecule is Cc1c(Cl)cccc1OCC(=O)NC1CCNCC1. The number of hydrogen-bond donors (Lipinski definition) is 2. The van der Waals surface area contributed by atoms with Gasteiger partial charge in [0.2, 0.25) is 0 Å². The van der Waals surface area contributed by atoms with E-state index in [-0.39, 0.29) is 18.6 Å². The van der Waals surface area contributed by atoms with Gasteiger partial charge in [-0.2, -0.15) is 0 Å². The van der Waals surface area contributed by atoms with E-state index in [1.807, 2.05) is 19.1 Å². The second-order valence-corrected chi connectivity index (χ2v) is 5.15. The second-order valence-electron chi connectivity index (χ2n) is 4.74. The van der Waals surface area contributed by atoms with Crippen molar-refractivity contribution in [3.05, 3.63) is 28.8 Å². The highest BCUT2D eigenvalue weighted by atomic mass is 35.5. The molecule has 1 aromatic rings. The van der Waals surface area contributed by atoms with Gasteiger partial charge in [0.05, 0.1) is 0 Å². The van der Waals surface area contributed by atoms with E-state index in [2.05, 4.69) is 10.6 Å². The van der Waals surface area contributed by atoms with E-state index in [0.717, 1.165) is 31.5 Å². The number of benzene rings is 1. The second kappa shape index (κ2) is 6.78. The van der Waals surface area contributed by atoms with Crippen molar-refractivity contribution in [1.82, 2.24) is 10.6 Å². The first-order chi connectivity index (χ1) is 9.16. The van der Waals surface area contributed by atoms with Crippen LogP contribution in [0.25, 0.3) is 0 Å². The fourth-order valence-corrected chi connectivity index (χ4v) is 2.29. The largest absolute Gasteiger partial charge is 0.483 e. The Morgan fingerprint density at radius 1 is 1.47 bits per heavy atom. The molecule has 0 aromatic heterocycles. The number of amides is 1. The lowest BCUT2D eigenvalue weighted by Crippen LogP contribution is -2.44. The molecular formula is C14H19ClN2O2. The first-order valence-electron chi connectivity index (χ1n) is 6.55. The molecule has 1 amide bonds. The Kier molecular flexibility index (Phi) is 5.05. The van der Waals surface area contributed by atoms with E-state index in [9.17, 15) is 4.79 Å². The van der Waals surface area contributed by atoms with Crippen LogP contribution in [0, 0.1) is 6.92 Å². The van der Waals surface area contributed by atoms with Gasteiger partial charge < -0.3 is 15.4 Å². The molecule has 1 aliphatic heterocycles. The molecule has 1 saturated heterocycles. The number of rotatable bonds is 4. The third kappa shape index (κ3) is 4.11. The average molecular weight is 283 g/mol. The minimum absolute atomic E-state index is 0.0328. The van der Waals surface area contributed by atoms with E-state index in [0.29, 0.717) is 10.8 Å². The van der Waals surface area contributed by atoms with Crippen LogP contribution in [0.4, 0.5) is 0 Å². The van der Waals surface area contributed by atoms with Gasteiger partial charge in [0.25, 0.3) is 5.91 Å². The third-order valence-corrected chi connectivity index (χ3v) is 3.69. The van der Waals surface area contributed by atoms with Gasteiger partial charge in [0, 0.05) is 16.6 Å². The van der Waals surface area contributed by atoms with Crippen molar-refractivity contribution in [2.45, 2.75) is 25.8 Å². The maximum atomic E-state index is 11.8. The molecule has 2 N–H and O–H groups in total. The van der Waals surface area contributed by atoms with Crippen molar-refractivity contribution >= 4 is 17.5 Å². The number of ether oxygens (including phenoxy) is 1. The van der Waals surface area contributed by atoms with Crippen molar-refractivity contribution in [3.8, 4) is 5.75 Å². The number of nitrogens with one attached hydrogen (secondary N) is 2. The first-order valence-corrected chi connectivity index (χ1v) is 6.92. The van der Waals surface area contributed by atoms with Gasteiger partial charge in [-0.3, -0.25) is 4.79 Å². The van der Waals surface area contributed by atoms with Crippen LogP contribution in [0.15, 0.2) is 18.2 Å². The molecule has 4 nitrogen and oxygen atoms in total. The summed E-state index contributed by atoms with van der Waals surface area (Å²) in [6.45, 7) is 3.83. The number of halogens is 1. The monoisotopic (exact) mass is 282 g/mol. The number of piperidine rings is 1. The number of carbonyl (C=O) groups is 1. The van der Waals surface area contributed by atoms with Crippen molar-refractivity contribution < 1.29 is 9.53 Å². The van der Waals surface area contributed by atoms with Crippen molar-refractivity contribution in [2.75, 3.05) is 19.7 Å². The van der Waals surface area contributed by atoms with Crippen LogP contribution in [0.3, 0.4) is 0 Å². The van der Waals surface area contributed by atoms with Crippen LogP contribution in [-0.4, -0.2) is 31.6 Å². The standard InChI is InChI=1S/C14H19ClN2O2/c1-10-12(15)3-2-4-13(10)19-9-14(18)17-11-5-7-16-8-6-11/h2-4,11,16H,5-9H2,1H3,(H,17,18). The fraction of sp³-hybridized carbons (Fsp3) is 0.500. The molecule has 1 heterocycles. The zero-order valence-corrected chi connectivity index (χ0v) is 11.8. The van der Waals surface area contributed by atoms with Crippen LogP contribution in [0.2, 0.25) is 5.02 Å². The maximum Gasteiger partial charge on any atom is 0.258 e. The van der Waals surface area contributed by atoms with E-state index in [1.54, 1.807) is 6.07 Å². The van der Waals surface area contributed by atoms with Gasteiger partial charge in [-0.15, -0.1) is 0 Å². The Balaban J connectivity index is 1.81. The summed E-state index contributed by atoms with van der Waals surface area (Å²) in [6, 6.07) is 5.70. The Morgan fingerprint density at radius 3 is 2.95 bits per heavy atom. The molecule has 0 radical (unpaired) electrons. The molecule has 0 spiro atoms. The zero-order valence-electron chi connectivity index (χ0n) is 11.0. The quantitative estimate of drug-likeness (QED) is 0.887. The normalized spacial score (nSPS) is 16.1. The minimum Gasteiger partial charge on any atom is -0.483 e. The summed E-state index contributed by atoms with van der Waals surface area (Å²) in [5, 5.41) is 6.90. The first kappa shape index (κ1) is 14.2. The Hall–Kier alpha value is -1.26. The fourth-order valence-electron chi connectivity index (χ4n) is 2.12. The number of hydrogen-bond acceptors (Lipinski definition) is 3. The minimum atomic E-state index is -0.0775. The summed E-state index contributed by atoms with van der Waals surface area (Å²) < 4.78 is 5.51. The predicted molar refractivity (Wildman–Crippen MR) is 75.7 cm³/mol. The smallest absolute Gasteiger partial charge is 0.258 e. The molecule has 2 rings (SSSR count). The third-order valence-electron chi connectivity index (χ3n) is 3.28.